The van der Waals surface area contributed by atoms with Crippen LogP contribution in [-0.2, 0) is 4.79 Å². The Labute approximate surface area is 417 Å². The number of amides is 1. The molecule has 0 saturated heterocycles. The molecule has 1 amide bonds. The van der Waals surface area contributed by atoms with Crippen molar-refractivity contribution in [3.8, 4) is 0 Å². The van der Waals surface area contributed by atoms with Gasteiger partial charge in [0.25, 0.3) is 0 Å². The van der Waals surface area contributed by atoms with Crippen LogP contribution in [0.25, 0.3) is 0 Å². The highest BCUT2D eigenvalue weighted by atomic mass is 16.3. The molecule has 0 aliphatic carbocycles. The van der Waals surface area contributed by atoms with Crippen LogP contribution in [0.1, 0.15) is 303 Å². The summed E-state index contributed by atoms with van der Waals surface area (Å²) in [5, 5.41) is 43.9. The van der Waals surface area contributed by atoms with E-state index in [9.17, 15) is 25.2 Å². The lowest BCUT2D eigenvalue weighted by Crippen LogP contribution is -2.53. The number of aliphatic hydroxyl groups is 4. The van der Waals surface area contributed by atoms with Crippen LogP contribution in [0.3, 0.4) is 0 Å². The number of nitrogens with one attached hydrogen (secondary N) is 1. The molecule has 0 bridgehead atoms. The molecule has 0 aliphatic heterocycles. The van der Waals surface area contributed by atoms with Gasteiger partial charge in [-0.1, -0.05) is 268 Å². The zero-order valence-electron chi connectivity index (χ0n) is 44.7. The fourth-order valence-electron chi connectivity index (χ4n) is 9.10. The number of carbonyl (C=O) groups is 1. The van der Waals surface area contributed by atoms with Gasteiger partial charge in [0.1, 0.15) is 12.2 Å². The van der Waals surface area contributed by atoms with Crippen molar-refractivity contribution in [2.45, 2.75) is 327 Å². The zero-order chi connectivity index (χ0) is 48.8. The van der Waals surface area contributed by atoms with Crippen molar-refractivity contribution in [1.82, 2.24) is 5.32 Å². The minimum absolute atomic E-state index is 0.360. The van der Waals surface area contributed by atoms with E-state index in [4.69, 9.17) is 0 Å². The van der Waals surface area contributed by atoms with Gasteiger partial charge in [-0.25, -0.2) is 0 Å². The van der Waals surface area contributed by atoms with Gasteiger partial charge >= 0.3 is 0 Å². The van der Waals surface area contributed by atoms with E-state index in [0.29, 0.717) is 19.3 Å². The van der Waals surface area contributed by atoms with Crippen LogP contribution in [0.15, 0.2) is 48.6 Å². The van der Waals surface area contributed by atoms with Crippen molar-refractivity contribution >= 4 is 5.91 Å². The molecular formula is C61H115NO5. The Morgan fingerprint density at radius 2 is 0.672 bits per heavy atom. The van der Waals surface area contributed by atoms with Gasteiger partial charge < -0.3 is 25.7 Å². The molecule has 67 heavy (non-hydrogen) atoms. The number of hydrogen-bond acceptors (Lipinski definition) is 5. The van der Waals surface area contributed by atoms with E-state index in [2.05, 4.69) is 67.8 Å². The molecule has 0 saturated carbocycles. The molecule has 0 spiro atoms. The number of allylic oxidation sites excluding steroid dienone is 8. The highest BCUT2D eigenvalue weighted by molar-refractivity contribution is 5.80. The van der Waals surface area contributed by atoms with Gasteiger partial charge in [-0.3, -0.25) is 4.79 Å². The second-order valence-corrected chi connectivity index (χ2v) is 20.3. The van der Waals surface area contributed by atoms with Crippen molar-refractivity contribution < 1.29 is 25.2 Å². The smallest absolute Gasteiger partial charge is 0.249 e. The highest BCUT2D eigenvalue weighted by Gasteiger charge is 2.28. The van der Waals surface area contributed by atoms with Gasteiger partial charge in [0.05, 0.1) is 18.8 Å². The van der Waals surface area contributed by atoms with Crippen molar-refractivity contribution in [2.75, 3.05) is 6.61 Å². The van der Waals surface area contributed by atoms with Crippen LogP contribution in [0.5, 0.6) is 0 Å². The number of unbranched alkanes of at least 4 members (excludes halogenated alkanes) is 37. The van der Waals surface area contributed by atoms with Crippen molar-refractivity contribution in [1.29, 1.82) is 0 Å². The molecule has 0 fully saturated rings. The summed E-state index contributed by atoms with van der Waals surface area (Å²) < 4.78 is 0. The average Bonchev–Trinajstić information content (AvgIpc) is 3.33. The Bertz CT molecular complexity index is 1100. The Kier molecular flexibility index (Phi) is 53.8. The first-order valence-corrected chi connectivity index (χ1v) is 29.5. The number of rotatable bonds is 54. The third-order valence-corrected chi connectivity index (χ3v) is 13.7. The van der Waals surface area contributed by atoms with Crippen LogP contribution in [-0.4, -0.2) is 57.3 Å². The van der Waals surface area contributed by atoms with E-state index in [1.165, 1.54) is 225 Å². The molecule has 4 unspecified atom stereocenters. The number of aliphatic hydroxyl groups excluding tert-OH is 4. The highest BCUT2D eigenvalue weighted by Crippen LogP contribution is 2.17. The SMILES string of the molecule is CCCCCCCCCC/C=C/CC/C=C/CCCC(O)C(O)C(CO)NC(=O)C(O)CCCCCCCCCCCCCCCCCC/C=C\C/C=C\CCCCCCCCCCCCC. The summed E-state index contributed by atoms with van der Waals surface area (Å²) in [7, 11) is 0. The molecule has 4 atom stereocenters. The second-order valence-electron chi connectivity index (χ2n) is 20.3. The predicted octanol–water partition coefficient (Wildman–Crippen LogP) is 17.4. The molecule has 0 heterocycles. The van der Waals surface area contributed by atoms with E-state index in [1.807, 2.05) is 0 Å². The molecule has 0 rings (SSSR count). The van der Waals surface area contributed by atoms with Gasteiger partial charge in [-0.15, -0.1) is 0 Å². The third-order valence-electron chi connectivity index (χ3n) is 13.7. The second kappa shape index (κ2) is 55.2. The number of carbonyl (C=O) groups excluding carboxylic acids is 1. The zero-order valence-corrected chi connectivity index (χ0v) is 44.7. The van der Waals surface area contributed by atoms with E-state index < -0.39 is 36.9 Å². The fourth-order valence-corrected chi connectivity index (χ4v) is 9.10. The lowest BCUT2D eigenvalue weighted by molar-refractivity contribution is -0.132. The predicted molar refractivity (Wildman–Crippen MR) is 293 cm³/mol. The summed E-state index contributed by atoms with van der Waals surface area (Å²) in [6, 6.07) is -1.01. The van der Waals surface area contributed by atoms with E-state index in [1.54, 1.807) is 0 Å². The van der Waals surface area contributed by atoms with Crippen molar-refractivity contribution in [3.63, 3.8) is 0 Å². The summed E-state index contributed by atoms with van der Waals surface area (Å²) in [6.45, 7) is 4.06. The first-order valence-electron chi connectivity index (χ1n) is 29.5. The number of hydrogen-bond donors (Lipinski definition) is 5. The maximum absolute atomic E-state index is 12.6. The normalized spacial score (nSPS) is 14.1. The van der Waals surface area contributed by atoms with E-state index in [0.717, 1.165) is 44.9 Å². The van der Waals surface area contributed by atoms with Gasteiger partial charge in [0.15, 0.2) is 0 Å². The van der Waals surface area contributed by atoms with Crippen molar-refractivity contribution in [3.05, 3.63) is 48.6 Å². The summed E-state index contributed by atoms with van der Waals surface area (Å²) >= 11 is 0. The molecular weight excluding hydrogens is 827 g/mol. The third kappa shape index (κ3) is 49.1. The summed E-state index contributed by atoms with van der Waals surface area (Å²) in [5.41, 5.74) is 0. The van der Waals surface area contributed by atoms with E-state index >= 15 is 0 Å². The molecule has 0 aliphatic rings. The van der Waals surface area contributed by atoms with Gasteiger partial charge in [0.2, 0.25) is 5.91 Å². The minimum Gasteiger partial charge on any atom is -0.394 e. The maximum Gasteiger partial charge on any atom is 0.249 e. The summed E-state index contributed by atoms with van der Waals surface area (Å²) in [4.78, 5) is 12.6. The molecule has 394 valence electrons. The molecule has 0 aromatic rings. The van der Waals surface area contributed by atoms with Crippen LogP contribution in [0, 0.1) is 0 Å². The molecule has 6 heteroatoms. The summed E-state index contributed by atoms with van der Waals surface area (Å²) in [5.74, 6) is -0.595. The lowest BCUT2D eigenvalue weighted by atomic mass is 10.00. The van der Waals surface area contributed by atoms with Gasteiger partial charge in [0, 0.05) is 0 Å². The monoisotopic (exact) mass is 942 g/mol. The molecule has 0 aromatic heterocycles. The standard InChI is InChI=1S/C61H115NO5/c1-3-5-7-9-11-13-15-17-19-21-22-23-24-25-26-27-28-29-30-31-32-33-34-35-36-37-39-41-43-45-47-49-51-53-55-59(65)61(67)62-57(56-63)60(66)58(64)54-52-50-48-46-44-42-40-38-20-18-16-14-12-10-8-6-4-2/h24-25,27-28,38,40,46,48,57-60,63-66H,3-23,26,29-37,39,41-45,47,49-56H2,1-2H3,(H,62,67)/b25-24-,28-27-,40-38+,48-46+. The van der Waals surface area contributed by atoms with E-state index in [-0.39, 0.29) is 0 Å². The Hall–Kier alpha value is -1.73. The topological polar surface area (TPSA) is 110 Å². The molecule has 0 radical (unpaired) electrons. The first kappa shape index (κ1) is 65.3. The van der Waals surface area contributed by atoms with Crippen LogP contribution >= 0.6 is 0 Å². The fraction of sp³-hybridized carbons (Fsp3) is 0.852. The molecule has 0 aromatic carbocycles. The average molecular weight is 943 g/mol. The minimum atomic E-state index is -1.29. The van der Waals surface area contributed by atoms with Crippen LogP contribution in [0.4, 0.5) is 0 Å². The first-order chi connectivity index (χ1) is 33.0. The quantitative estimate of drug-likeness (QED) is 0.0308. The summed E-state index contributed by atoms with van der Waals surface area (Å²) in [6.07, 6.45) is 70.5. The lowest BCUT2D eigenvalue weighted by Gasteiger charge is -2.27. The van der Waals surface area contributed by atoms with Crippen LogP contribution < -0.4 is 5.32 Å². The van der Waals surface area contributed by atoms with Gasteiger partial charge in [-0.05, 0) is 83.5 Å². The Balaban J connectivity index is 3.61. The van der Waals surface area contributed by atoms with Gasteiger partial charge in [-0.2, -0.15) is 0 Å². The maximum atomic E-state index is 12.6. The Morgan fingerprint density at radius 1 is 0.373 bits per heavy atom. The molecule has 6 nitrogen and oxygen atoms in total. The Morgan fingerprint density at radius 3 is 1.03 bits per heavy atom. The largest absolute Gasteiger partial charge is 0.394 e. The molecule has 5 N–H and O–H groups in total. The van der Waals surface area contributed by atoms with Crippen LogP contribution in [0.2, 0.25) is 0 Å². The van der Waals surface area contributed by atoms with Crippen molar-refractivity contribution in [2.24, 2.45) is 0 Å².